The Kier molecular flexibility index (Phi) is 4.92. The molecule has 0 aromatic heterocycles. The topological polar surface area (TPSA) is 80.3 Å². The van der Waals surface area contributed by atoms with Crippen molar-refractivity contribution in [2.24, 2.45) is 0 Å². The zero-order chi connectivity index (χ0) is 21.6. The van der Waals surface area contributed by atoms with Crippen molar-refractivity contribution in [3.8, 4) is 0 Å². The number of ether oxygens (including phenoxy) is 5. The standard InChI is InChI=1S/C23H24O7/c1-21(2)29-22(17-9-5-15(6-10-17)19(24)26-3)13-14-28-23(22,30-21)18-11-7-16(8-12-18)20(25)27-4/h5-12H,13-14H2,1-4H3/t22-,23+/m1/s1. The van der Waals surface area contributed by atoms with Gasteiger partial charge >= 0.3 is 11.9 Å². The molecule has 0 aliphatic carbocycles. The van der Waals surface area contributed by atoms with Gasteiger partial charge < -0.3 is 23.7 Å². The van der Waals surface area contributed by atoms with Crippen LogP contribution in [0.4, 0.5) is 0 Å². The Balaban J connectivity index is 1.80. The van der Waals surface area contributed by atoms with Gasteiger partial charge in [0.05, 0.1) is 32.0 Å². The van der Waals surface area contributed by atoms with E-state index in [9.17, 15) is 9.59 Å². The highest BCUT2D eigenvalue weighted by atomic mass is 16.9. The van der Waals surface area contributed by atoms with Crippen molar-refractivity contribution in [3.63, 3.8) is 0 Å². The normalized spacial score (nSPS) is 26.8. The Morgan fingerprint density at radius 2 is 1.30 bits per heavy atom. The Morgan fingerprint density at radius 3 is 1.80 bits per heavy atom. The van der Waals surface area contributed by atoms with Gasteiger partial charge in [-0.25, -0.2) is 9.59 Å². The van der Waals surface area contributed by atoms with Gasteiger partial charge in [0.2, 0.25) is 5.79 Å². The summed E-state index contributed by atoms with van der Waals surface area (Å²) in [6, 6.07) is 14.0. The minimum Gasteiger partial charge on any atom is -0.465 e. The van der Waals surface area contributed by atoms with Gasteiger partial charge in [-0.15, -0.1) is 0 Å². The lowest BCUT2D eigenvalue weighted by molar-refractivity contribution is -0.254. The molecule has 2 fully saturated rings. The maximum absolute atomic E-state index is 11.8. The molecule has 158 valence electrons. The van der Waals surface area contributed by atoms with Crippen LogP contribution < -0.4 is 0 Å². The number of hydrogen-bond donors (Lipinski definition) is 0. The molecule has 7 nitrogen and oxygen atoms in total. The first-order valence-corrected chi connectivity index (χ1v) is 9.69. The smallest absolute Gasteiger partial charge is 0.337 e. The molecular formula is C23H24O7. The third-order valence-electron chi connectivity index (χ3n) is 5.56. The quantitative estimate of drug-likeness (QED) is 0.711. The van der Waals surface area contributed by atoms with E-state index in [0.717, 1.165) is 11.1 Å². The summed E-state index contributed by atoms with van der Waals surface area (Å²) in [6.45, 7) is 4.10. The highest BCUT2D eigenvalue weighted by Gasteiger charge is 2.69. The fourth-order valence-electron chi connectivity index (χ4n) is 4.34. The van der Waals surface area contributed by atoms with Gasteiger partial charge in [-0.1, -0.05) is 24.3 Å². The zero-order valence-corrected chi connectivity index (χ0v) is 17.4. The first-order chi connectivity index (χ1) is 14.3. The van der Waals surface area contributed by atoms with Crippen molar-refractivity contribution in [1.82, 2.24) is 0 Å². The predicted molar refractivity (Wildman–Crippen MR) is 106 cm³/mol. The number of fused-ring (bicyclic) bond motifs is 1. The molecule has 2 aromatic carbocycles. The van der Waals surface area contributed by atoms with Crippen molar-refractivity contribution in [1.29, 1.82) is 0 Å². The van der Waals surface area contributed by atoms with E-state index in [1.165, 1.54) is 14.2 Å². The van der Waals surface area contributed by atoms with E-state index in [2.05, 4.69) is 0 Å². The monoisotopic (exact) mass is 412 g/mol. The molecule has 0 bridgehead atoms. The molecule has 7 heteroatoms. The van der Waals surface area contributed by atoms with E-state index < -0.39 is 29.1 Å². The number of rotatable bonds is 4. The van der Waals surface area contributed by atoms with E-state index in [1.54, 1.807) is 36.4 Å². The van der Waals surface area contributed by atoms with Crippen LogP contribution in [0.15, 0.2) is 48.5 Å². The molecule has 4 rings (SSSR count). The fourth-order valence-corrected chi connectivity index (χ4v) is 4.34. The largest absolute Gasteiger partial charge is 0.465 e. The van der Waals surface area contributed by atoms with Crippen LogP contribution in [0.25, 0.3) is 0 Å². The number of hydrogen-bond acceptors (Lipinski definition) is 7. The first kappa shape index (κ1) is 20.5. The van der Waals surface area contributed by atoms with Crippen molar-refractivity contribution >= 4 is 11.9 Å². The van der Waals surface area contributed by atoms with Crippen LogP contribution in [0, 0.1) is 0 Å². The average Bonchev–Trinajstić information content (AvgIpc) is 3.22. The van der Waals surface area contributed by atoms with Crippen molar-refractivity contribution < 1.29 is 33.3 Å². The van der Waals surface area contributed by atoms with E-state index >= 15 is 0 Å². The molecule has 0 saturated carbocycles. The lowest BCUT2D eigenvalue weighted by Crippen LogP contribution is -2.43. The molecule has 0 spiro atoms. The van der Waals surface area contributed by atoms with Gasteiger partial charge in [0.25, 0.3) is 0 Å². The fraction of sp³-hybridized carbons (Fsp3) is 0.391. The molecule has 0 N–H and O–H groups in total. The van der Waals surface area contributed by atoms with Gasteiger partial charge in [0.15, 0.2) is 11.4 Å². The molecule has 2 aromatic rings. The van der Waals surface area contributed by atoms with Crippen LogP contribution in [-0.2, 0) is 35.1 Å². The third kappa shape index (κ3) is 3.01. The SMILES string of the molecule is COC(=O)c1ccc([C@@]23OCC[C@]2(c2ccc(C(=O)OC)cc2)OC(C)(C)O3)cc1. The second kappa shape index (κ2) is 7.19. The molecule has 2 saturated heterocycles. The minimum atomic E-state index is -1.20. The Bertz CT molecular complexity index is 887. The highest BCUT2D eigenvalue weighted by Crippen LogP contribution is 2.61. The minimum absolute atomic E-state index is 0.407. The number of methoxy groups -OCH3 is 2. The predicted octanol–water partition coefficient (Wildman–Crippen LogP) is 3.51. The lowest BCUT2D eigenvalue weighted by Gasteiger charge is -2.36. The maximum Gasteiger partial charge on any atom is 0.337 e. The molecule has 2 heterocycles. The van der Waals surface area contributed by atoms with Crippen LogP contribution in [-0.4, -0.2) is 38.6 Å². The van der Waals surface area contributed by atoms with Gasteiger partial charge in [-0.2, -0.15) is 0 Å². The van der Waals surface area contributed by atoms with E-state index in [1.807, 2.05) is 26.0 Å². The number of esters is 2. The molecule has 0 amide bonds. The number of benzene rings is 2. The van der Waals surface area contributed by atoms with Crippen LogP contribution >= 0.6 is 0 Å². The van der Waals surface area contributed by atoms with Crippen molar-refractivity contribution in [3.05, 3.63) is 70.8 Å². The van der Waals surface area contributed by atoms with Crippen LogP contribution in [0.3, 0.4) is 0 Å². The Labute approximate surface area is 174 Å². The molecule has 2 atom stereocenters. The summed E-state index contributed by atoms with van der Waals surface area (Å²) in [6.07, 6.45) is 0.562. The summed E-state index contributed by atoms with van der Waals surface area (Å²) in [5.41, 5.74) is 1.52. The Morgan fingerprint density at radius 1 is 0.800 bits per heavy atom. The van der Waals surface area contributed by atoms with Gasteiger partial charge in [-0.05, 0) is 43.7 Å². The third-order valence-corrected chi connectivity index (χ3v) is 5.56. The first-order valence-electron chi connectivity index (χ1n) is 9.69. The van der Waals surface area contributed by atoms with E-state index in [-0.39, 0.29) is 0 Å². The van der Waals surface area contributed by atoms with Crippen LogP contribution in [0.2, 0.25) is 0 Å². The maximum atomic E-state index is 11.8. The molecular weight excluding hydrogens is 388 g/mol. The summed E-state index contributed by atoms with van der Waals surface area (Å²) < 4.78 is 28.6. The van der Waals surface area contributed by atoms with Gasteiger partial charge in [0, 0.05) is 12.0 Å². The second-order valence-corrected chi connectivity index (χ2v) is 7.78. The molecule has 30 heavy (non-hydrogen) atoms. The highest BCUT2D eigenvalue weighted by molar-refractivity contribution is 5.89. The summed E-state index contributed by atoms with van der Waals surface area (Å²) in [7, 11) is 2.69. The summed E-state index contributed by atoms with van der Waals surface area (Å²) in [4.78, 5) is 23.7. The number of carbonyl (C=O) groups excluding carboxylic acids is 2. The van der Waals surface area contributed by atoms with Gasteiger partial charge in [-0.3, -0.25) is 0 Å². The van der Waals surface area contributed by atoms with Crippen LogP contribution in [0.1, 0.15) is 52.1 Å². The van der Waals surface area contributed by atoms with E-state index in [0.29, 0.717) is 24.2 Å². The Hall–Kier alpha value is -2.74. The van der Waals surface area contributed by atoms with Crippen molar-refractivity contribution in [2.45, 2.75) is 37.4 Å². The molecule has 0 radical (unpaired) electrons. The lowest BCUT2D eigenvalue weighted by atomic mass is 9.80. The average molecular weight is 412 g/mol. The second-order valence-electron chi connectivity index (χ2n) is 7.78. The van der Waals surface area contributed by atoms with E-state index in [4.69, 9.17) is 23.7 Å². The number of carbonyl (C=O) groups is 2. The molecule has 2 aliphatic rings. The van der Waals surface area contributed by atoms with Crippen molar-refractivity contribution in [2.75, 3.05) is 20.8 Å². The molecule has 2 aliphatic heterocycles. The van der Waals surface area contributed by atoms with Gasteiger partial charge in [0.1, 0.15) is 0 Å². The zero-order valence-electron chi connectivity index (χ0n) is 17.4. The summed E-state index contributed by atoms with van der Waals surface area (Å²) in [5, 5.41) is 0. The van der Waals surface area contributed by atoms with Crippen LogP contribution in [0.5, 0.6) is 0 Å². The summed E-state index contributed by atoms with van der Waals surface area (Å²) >= 11 is 0. The summed E-state index contributed by atoms with van der Waals surface area (Å²) in [5.74, 6) is -2.93. The molecule has 0 unspecified atom stereocenters.